The van der Waals surface area contributed by atoms with Gasteiger partial charge in [-0.2, -0.15) is 0 Å². The van der Waals surface area contributed by atoms with E-state index in [0.29, 0.717) is 38.6 Å². The van der Waals surface area contributed by atoms with Crippen molar-refractivity contribution in [3.8, 4) is 0 Å². The molecule has 1 aromatic carbocycles. The number of halogens is 1. The molecule has 1 saturated carbocycles. The molecule has 134 valence electrons. The van der Waals surface area contributed by atoms with E-state index in [1.165, 1.54) is 25.0 Å². The Morgan fingerprint density at radius 1 is 1.20 bits per heavy atom. The molecule has 0 N–H and O–H groups in total. The predicted octanol–water partition coefficient (Wildman–Crippen LogP) is 1.98. The summed E-state index contributed by atoms with van der Waals surface area (Å²) in [7, 11) is 0. The molecular weight excluding hydrogens is 323 g/mol. The summed E-state index contributed by atoms with van der Waals surface area (Å²) >= 11 is 0. The van der Waals surface area contributed by atoms with Gasteiger partial charge in [0.25, 0.3) is 0 Å². The van der Waals surface area contributed by atoms with Crippen LogP contribution in [0.1, 0.15) is 30.9 Å². The minimum Gasteiger partial charge on any atom is -0.370 e. The number of carbonyl (C=O) groups excluding carboxylic acids is 2. The van der Waals surface area contributed by atoms with Gasteiger partial charge in [-0.25, -0.2) is 4.39 Å². The summed E-state index contributed by atoms with van der Waals surface area (Å²) in [5.41, 5.74) is 0.872. The van der Waals surface area contributed by atoms with Crippen LogP contribution in [0.3, 0.4) is 0 Å². The average Bonchev–Trinajstić information content (AvgIpc) is 3.37. The lowest BCUT2D eigenvalue weighted by Crippen LogP contribution is -2.45. The first-order valence-corrected chi connectivity index (χ1v) is 9.04. The van der Waals surface area contributed by atoms with Crippen LogP contribution in [0, 0.1) is 17.7 Å². The summed E-state index contributed by atoms with van der Waals surface area (Å²) in [4.78, 5) is 28.7. The fourth-order valence-corrected chi connectivity index (χ4v) is 3.71. The van der Waals surface area contributed by atoms with E-state index < -0.39 is 0 Å². The first kappa shape index (κ1) is 16.5. The van der Waals surface area contributed by atoms with Gasteiger partial charge in [-0.05, 0) is 36.5 Å². The number of hydrogen-bond acceptors (Lipinski definition) is 3. The Hall–Kier alpha value is -1.95. The van der Waals surface area contributed by atoms with Crippen LogP contribution in [0.2, 0.25) is 0 Å². The van der Waals surface area contributed by atoms with E-state index >= 15 is 0 Å². The van der Waals surface area contributed by atoms with Gasteiger partial charge >= 0.3 is 0 Å². The Labute approximate surface area is 146 Å². The van der Waals surface area contributed by atoms with Gasteiger partial charge in [0, 0.05) is 26.1 Å². The zero-order chi connectivity index (χ0) is 17.4. The van der Waals surface area contributed by atoms with Crippen molar-refractivity contribution in [2.75, 3.05) is 32.8 Å². The largest absolute Gasteiger partial charge is 0.370 e. The van der Waals surface area contributed by atoms with Crippen molar-refractivity contribution in [2.24, 2.45) is 11.8 Å². The molecule has 4 rings (SSSR count). The molecule has 0 bridgehead atoms. The zero-order valence-electron chi connectivity index (χ0n) is 14.2. The van der Waals surface area contributed by atoms with E-state index in [1.54, 1.807) is 17.0 Å². The lowest BCUT2D eigenvalue weighted by Gasteiger charge is -2.34. The number of hydrogen-bond donors (Lipinski definition) is 0. The van der Waals surface area contributed by atoms with Gasteiger partial charge in [-0.1, -0.05) is 12.1 Å². The minimum atomic E-state index is -0.285. The van der Waals surface area contributed by atoms with Crippen molar-refractivity contribution in [3.05, 3.63) is 35.6 Å². The summed E-state index contributed by atoms with van der Waals surface area (Å²) in [6, 6.07) is 6.21. The van der Waals surface area contributed by atoms with Gasteiger partial charge in [0.05, 0.1) is 19.1 Å². The summed E-state index contributed by atoms with van der Waals surface area (Å²) in [6.45, 7) is 2.82. The topological polar surface area (TPSA) is 49.9 Å². The van der Waals surface area contributed by atoms with Gasteiger partial charge in [-0.15, -0.1) is 0 Å². The number of nitrogens with zero attached hydrogens (tertiary/aromatic N) is 2. The highest BCUT2D eigenvalue weighted by Crippen LogP contribution is 2.32. The predicted molar refractivity (Wildman–Crippen MR) is 89.1 cm³/mol. The SMILES string of the molecule is O=C1C[C@@H](C(=O)N2CCO[C@H](c3ccc(F)cc3)C2)CN1CC1CC1. The molecule has 2 heterocycles. The van der Waals surface area contributed by atoms with Crippen LogP contribution < -0.4 is 0 Å². The Morgan fingerprint density at radius 2 is 1.96 bits per heavy atom. The van der Waals surface area contributed by atoms with Gasteiger partial charge in [0.1, 0.15) is 11.9 Å². The maximum atomic E-state index is 13.1. The summed E-state index contributed by atoms with van der Waals surface area (Å²) in [5, 5.41) is 0. The molecule has 1 aromatic rings. The van der Waals surface area contributed by atoms with Crippen LogP contribution in [0.25, 0.3) is 0 Å². The second kappa shape index (κ2) is 6.75. The molecule has 0 radical (unpaired) electrons. The Morgan fingerprint density at radius 3 is 2.68 bits per heavy atom. The maximum absolute atomic E-state index is 13.1. The van der Waals surface area contributed by atoms with Crippen molar-refractivity contribution in [2.45, 2.75) is 25.4 Å². The third-order valence-corrected chi connectivity index (χ3v) is 5.36. The number of morpholine rings is 1. The van der Waals surface area contributed by atoms with Crippen LogP contribution in [-0.4, -0.2) is 54.4 Å². The minimum absolute atomic E-state index is 0.0436. The Kier molecular flexibility index (Phi) is 4.46. The van der Waals surface area contributed by atoms with Crippen LogP contribution in [-0.2, 0) is 14.3 Å². The zero-order valence-corrected chi connectivity index (χ0v) is 14.2. The molecule has 2 amide bonds. The van der Waals surface area contributed by atoms with Crippen molar-refractivity contribution in [1.29, 1.82) is 0 Å². The van der Waals surface area contributed by atoms with E-state index in [2.05, 4.69) is 0 Å². The number of ether oxygens (including phenoxy) is 1. The molecule has 2 saturated heterocycles. The molecule has 0 unspecified atom stereocenters. The first-order valence-electron chi connectivity index (χ1n) is 9.04. The fraction of sp³-hybridized carbons (Fsp3) is 0.579. The molecule has 0 aromatic heterocycles. The number of rotatable bonds is 4. The smallest absolute Gasteiger partial charge is 0.228 e. The van der Waals surface area contributed by atoms with Crippen LogP contribution in [0.5, 0.6) is 0 Å². The molecule has 3 fully saturated rings. The van der Waals surface area contributed by atoms with Crippen molar-refractivity contribution in [1.82, 2.24) is 9.80 Å². The van der Waals surface area contributed by atoms with Gasteiger partial charge in [0.15, 0.2) is 0 Å². The highest BCUT2D eigenvalue weighted by Gasteiger charge is 2.39. The van der Waals surface area contributed by atoms with Gasteiger partial charge in [0.2, 0.25) is 11.8 Å². The van der Waals surface area contributed by atoms with Crippen molar-refractivity contribution < 1.29 is 18.7 Å². The molecule has 5 nitrogen and oxygen atoms in total. The van der Waals surface area contributed by atoms with E-state index in [-0.39, 0.29) is 29.7 Å². The van der Waals surface area contributed by atoms with Crippen LogP contribution >= 0.6 is 0 Å². The highest BCUT2D eigenvalue weighted by atomic mass is 19.1. The number of likely N-dealkylation sites (tertiary alicyclic amines) is 1. The quantitative estimate of drug-likeness (QED) is 0.838. The lowest BCUT2D eigenvalue weighted by atomic mass is 10.0. The standard InChI is InChI=1S/C19H23FN2O3/c20-16-5-3-14(4-6-16)17-12-21(7-8-25-17)19(24)15-9-18(23)22(11-15)10-13-1-2-13/h3-6,13,15,17H,1-2,7-12H2/t15-,17+/m1/s1. The Bertz CT molecular complexity index is 659. The third-order valence-electron chi connectivity index (χ3n) is 5.36. The average molecular weight is 346 g/mol. The van der Waals surface area contributed by atoms with Crippen molar-refractivity contribution in [3.63, 3.8) is 0 Å². The van der Waals surface area contributed by atoms with E-state index in [9.17, 15) is 14.0 Å². The van der Waals surface area contributed by atoms with Crippen LogP contribution in [0.4, 0.5) is 4.39 Å². The molecule has 6 heteroatoms. The summed E-state index contributed by atoms with van der Waals surface area (Å²) < 4.78 is 18.8. The normalized spacial score (nSPS) is 27.0. The number of amides is 2. The summed E-state index contributed by atoms with van der Waals surface area (Å²) in [6.07, 6.45) is 2.48. The van der Waals surface area contributed by atoms with E-state index in [1.807, 2.05) is 4.90 Å². The Balaban J connectivity index is 1.38. The number of benzene rings is 1. The van der Waals surface area contributed by atoms with Gasteiger partial charge in [-0.3, -0.25) is 9.59 Å². The monoisotopic (exact) mass is 346 g/mol. The molecular formula is C19H23FN2O3. The van der Waals surface area contributed by atoms with Crippen LogP contribution in [0.15, 0.2) is 24.3 Å². The van der Waals surface area contributed by atoms with Gasteiger partial charge < -0.3 is 14.5 Å². The maximum Gasteiger partial charge on any atom is 0.228 e. The number of carbonyl (C=O) groups is 2. The summed E-state index contributed by atoms with van der Waals surface area (Å²) in [5.74, 6) is 0.269. The highest BCUT2D eigenvalue weighted by molar-refractivity contribution is 5.89. The molecule has 3 aliphatic rings. The molecule has 1 aliphatic carbocycles. The fourth-order valence-electron chi connectivity index (χ4n) is 3.71. The molecule has 2 atom stereocenters. The lowest BCUT2D eigenvalue weighted by molar-refractivity contribution is -0.143. The second-order valence-electron chi connectivity index (χ2n) is 7.34. The molecule has 2 aliphatic heterocycles. The van der Waals surface area contributed by atoms with E-state index in [4.69, 9.17) is 4.74 Å². The van der Waals surface area contributed by atoms with Crippen molar-refractivity contribution >= 4 is 11.8 Å². The first-order chi connectivity index (χ1) is 12.1. The molecule has 0 spiro atoms. The van der Waals surface area contributed by atoms with E-state index in [0.717, 1.165) is 12.1 Å². The second-order valence-corrected chi connectivity index (χ2v) is 7.34. The molecule has 25 heavy (non-hydrogen) atoms. The third kappa shape index (κ3) is 3.68.